The Labute approximate surface area is 207 Å². The number of aliphatic hydroxyl groups excluding tert-OH is 1. The summed E-state index contributed by atoms with van der Waals surface area (Å²) in [7, 11) is 0. The second kappa shape index (κ2) is 9.67. The van der Waals surface area contributed by atoms with Gasteiger partial charge in [-0.15, -0.1) is 0 Å². The van der Waals surface area contributed by atoms with Crippen LogP contribution in [0.2, 0.25) is 0 Å². The van der Waals surface area contributed by atoms with E-state index in [2.05, 4.69) is 14.9 Å². The van der Waals surface area contributed by atoms with Gasteiger partial charge in [-0.25, -0.2) is 0 Å². The highest BCUT2D eigenvalue weighted by Crippen LogP contribution is 2.29. The van der Waals surface area contributed by atoms with Gasteiger partial charge in [0.05, 0.1) is 17.4 Å². The van der Waals surface area contributed by atoms with Crippen LogP contribution in [0.25, 0.3) is 10.9 Å². The third-order valence-corrected chi connectivity index (χ3v) is 6.51. The number of aliphatic imine (C=N–C) groups is 1. The van der Waals surface area contributed by atoms with Gasteiger partial charge in [-0.3, -0.25) is 14.6 Å². The fourth-order valence-corrected chi connectivity index (χ4v) is 4.47. The minimum absolute atomic E-state index is 0.0439. The number of amides is 1. The summed E-state index contributed by atoms with van der Waals surface area (Å²) in [5, 5.41) is 20.9. The summed E-state index contributed by atoms with van der Waals surface area (Å²) >= 11 is 0. The Hall–Kier alpha value is -4.43. The molecule has 1 aromatic heterocycles. The molecule has 0 radical (unpaired) electrons. The van der Waals surface area contributed by atoms with Crippen LogP contribution in [0.3, 0.4) is 0 Å². The summed E-state index contributed by atoms with van der Waals surface area (Å²) in [6, 6.07) is 19.2. The molecule has 1 fully saturated rings. The predicted molar refractivity (Wildman–Crippen MR) is 140 cm³/mol. The van der Waals surface area contributed by atoms with E-state index in [9.17, 15) is 19.8 Å². The minimum Gasteiger partial charge on any atom is -0.494 e. The van der Waals surface area contributed by atoms with Gasteiger partial charge in [-0.05, 0) is 55.3 Å². The van der Waals surface area contributed by atoms with E-state index in [4.69, 9.17) is 5.73 Å². The zero-order valence-electron chi connectivity index (χ0n) is 19.5. The van der Waals surface area contributed by atoms with Crippen LogP contribution in [0.1, 0.15) is 44.7 Å². The molecule has 36 heavy (non-hydrogen) atoms. The number of H-pyrrole nitrogens is 1. The van der Waals surface area contributed by atoms with Gasteiger partial charge >= 0.3 is 0 Å². The second-order valence-corrected chi connectivity index (χ2v) is 8.91. The molecule has 5 rings (SSSR count). The number of aromatic nitrogens is 1. The lowest BCUT2D eigenvalue weighted by molar-refractivity contribution is 0.1000. The van der Waals surface area contributed by atoms with E-state index in [1.807, 2.05) is 24.3 Å². The average Bonchev–Trinajstić information content (AvgIpc) is 3.21. The number of fused-ring (bicyclic) bond motifs is 1. The predicted octanol–water partition coefficient (Wildman–Crippen LogP) is 3.92. The Bertz CT molecular complexity index is 1460. The zero-order valence-corrected chi connectivity index (χ0v) is 19.5. The number of aromatic amines is 1. The van der Waals surface area contributed by atoms with Gasteiger partial charge in [0.25, 0.3) is 0 Å². The lowest BCUT2D eigenvalue weighted by Gasteiger charge is -2.31. The van der Waals surface area contributed by atoms with Crippen LogP contribution in [0.4, 0.5) is 11.4 Å². The maximum atomic E-state index is 13.0. The van der Waals surface area contributed by atoms with Crippen LogP contribution in [0.15, 0.2) is 71.7 Å². The SMILES string of the molecule is NC(=O)c1cccc(C(=O)c2ccc3c(C=Nc4ccc(N5CCC(O)CC5)cc4)c(O)[nH]c3c2)c1. The van der Waals surface area contributed by atoms with Crippen molar-refractivity contribution < 1.29 is 19.8 Å². The number of benzene rings is 3. The number of hydrogen-bond donors (Lipinski definition) is 4. The number of primary amides is 1. The van der Waals surface area contributed by atoms with E-state index in [1.165, 1.54) is 6.07 Å². The Morgan fingerprint density at radius 2 is 1.67 bits per heavy atom. The first-order valence-corrected chi connectivity index (χ1v) is 11.8. The molecule has 8 heteroatoms. The Morgan fingerprint density at radius 1 is 0.972 bits per heavy atom. The molecule has 0 aliphatic carbocycles. The molecule has 1 aliphatic heterocycles. The quantitative estimate of drug-likeness (QED) is 0.244. The van der Waals surface area contributed by atoms with Gasteiger partial charge in [-0.2, -0.15) is 0 Å². The minimum atomic E-state index is -0.598. The highest BCUT2D eigenvalue weighted by molar-refractivity contribution is 6.12. The molecule has 0 saturated carbocycles. The van der Waals surface area contributed by atoms with E-state index in [0.717, 1.165) is 42.7 Å². The van der Waals surface area contributed by atoms with Gasteiger partial charge < -0.3 is 25.8 Å². The summed E-state index contributed by atoms with van der Waals surface area (Å²) in [5.74, 6) is -0.899. The maximum absolute atomic E-state index is 13.0. The Balaban J connectivity index is 1.35. The highest BCUT2D eigenvalue weighted by atomic mass is 16.3. The van der Waals surface area contributed by atoms with Crippen molar-refractivity contribution in [1.29, 1.82) is 0 Å². The van der Waals surface area contributed by atoms with Crippen LogP contribution in [-0.2, 0) is 0 Å². The molecule has 3 aromatic carbocycles. The molecule has 1 saturated heterocycles. The summed E-state index contributed by atoms with van der Waals surface area (Å²) in [6.45, 7) is 1.65. The van der Waals surface area contributed by atoms with Crippen molar-refractivity contribution in [3.8, 4) is 5.88 Å². The molecular formula is C28H26N4O4. The summed E-state index contributed by atoms with van der Waals surface area (Å²) in [4.78, 5) is 34.1. The molecule has 1 aliphatic rings. The number of nitrogens with zero attached hydrogens (tertiary/aromatic N) is 2. The molecule has 0 bridgehead atoms. The van der Waals surface area contributed by atoms with Crippen molar-refractivity contribution in [2.24, 2.45) is 10.7 Å². The molecule has 8 nitrogen and oxygen atoms in total. The third-order valence-electron chi connectivity index (χ3n) is 6.51. The van der Waals surface area contributed by atoms with Crippen LogP contribution in [-0.4, -0.2) is 52.3 Å². The molecule has 2 heterocycles. The first-order chi connectivity index (χ1) is 17.4. The van der Waals surface area contributed by atoms with E-state index in [0.29, 0.717) is 22.2 Å². The first-order valence-electron chi connectivity index (χ1n) is 11.8. The van der Waals surface area contributed by atoms with Gasteiger partial charge in [0.1, 0.15) is 0 Å². The normalized spacial score (nSPS) is 14.5. The van der Waals surface area contributed by atoms with E-state index in [-0.39, 0.29) is 23.3 Å². The number of nitrogens with two attached hydrogens (primary N) is 1. The van der Waals surface area contributed by atoms with Gasteiger partial charge in [-0.1, -0.05) is 24.3 Å². The lowest BCUT2D eigenvalue weighted by atomic mass is 10.00. The lowest BCUT2D eigenvalue weighted by Crippen LogP contribution is -2.35. The molecule has 0 spiro atoms. The van der Waals surface area contributed by atoms with Crippen LogP contribution in [0, 0.1) is 0 Å². The van der Waals surface area contributed by atoms with Crippen molar-refractivity contribution in [2.45, 2.75) is 18.9 Å². The highest BCUT2D eigenvalue weighted by Gasteiger charge is 2.17. The van der Waals surface area contributed by atoms with E-state index >= 15 is 0 Å². The zero-order chi connectivity index (χ0) is 25.2. The standard InChI is InChI=1S/C28H26N4O4/c29-27(35)19-3-1-2-17(14-19)26(34)18-4-9-23-24(28(36)31-25(23)15-18)16-30-20-5-7-21(8-6-20)32-12-10-22(33)11-13-32/h1-9,14-16,22,31,33,36H,10-13H2,(H2,29,35). The number of anilines is 1. The average molecular weight is 483 g/mol. The van der Waals surface area contributed by atoms with Crippen molar-refractivity contribution in [1.82, 2.24) is 4.98 Å². The summed E-state index contributed by atoms with van der Waals surface area (Å²) < 4.78 is 0. The number of hydrogen-bond acceptors (Lipinski definition) is 6. The monoisotopic (exact) mass is 482 g/mol. The number of piperidine rings is 1. The molecule has 0 atom stereocenters. The van der Waals surface area contributed by atoms with E-state index < -0.39 is 5.91 Å². The number of ketones is 1. The van der Waals surface area contributed by atoms with Crippen LogP contribution < -0.4 is 10.6 Å². The number of carbonyl (C=O) groups is 2. The smallest absolute Gasteiger partial charge is 0.248 e. The maximum Gasteiger partial charge on any atom is 0.248 e. The van der Waals surface area contributed by atoms with Gasteiger partial charge in [0, 0.05) is 52.6 Å². The van der Waals surface area contributed by atoms with Gasteiger partial charge in [0.15, 0.2) is 11.7 Å². The topological polar surface area (TPSA) is 132 Å². The van der Waals surface area contributed by atoms with Crippen molar-refractivity contribution in [3.05, 3.63) is 89.0 Å². The van der Waals surface area contributed by atoms with Crippen LogP contribution >= 0.6 is 0 Å². The van der Waals surface area contributed by atoms with E-state index in [1.54, 1.807) is 42.6 Å². The summed E-state index contributed by atoms with van der Waals surface area (Å²) in [5.41, 5.74) is 9.30. The fourth-order valence-electron chi connectivity index (χ4n) is 4.47. The first kappa shape index (κ1) is 23.3. The van der Waals surface area contributed by atoms with Crippen molar-refractivity contribution in [3.63, 3.8) is 0 Å². The van der Waals surface area contributed by atoms with Crippen molar-refractivity contribution in [2.75, 3.05) is 18.0 Å². The number of carbonyl (C=O) groups excluding carboxylic acids is 2. The fraction of sp³-hybridized carbons (Fsp3) is 0.179. The molecule has 4 aromatic rings. The molecular weight excluding hydrogens is 456 g/mol. The molecule has 1 amide bonds. The van der Waals surface area contributed by atoms with Gasteiger partial charge in [0.2, 0.25) is 5.91 Å². The number of aliphatic hydroxyl groups is 1. The number of aromatic hydroxyl groups is 1. The third kappa shape index (κ3) is 4.71. The Kier molecular flexibility index (Phi) is 6.26. The summed E-state index contributed by atoms with van der Waals surface area (Å²) in [6.07, 6.45) is 2.92. The van der Waals surface area contributed by atoms with Crippen LogP contribution in [0.5, 0.6) is 5.88 Å². The molecule has 0 unspecified atom stereocenters. The Morgan fingerprint density at radius 3 is 2.39 bits per heavy atom. The number of nitrogens with one attached hydrogen (secondary N) is 1. The number of rotatable bonds is 6. The van der Waals surface area contributed by atoms with Crippen molar-refractivity contribution >= 4 is 40.2 Å². The second-order valence-electron chi connectivity index (χ2n) is 8.91. The largest absolute Gasteiger partial charge is 0.494 e. The molecule has 5 N–H and O–H groups in total. The molecule has 182 valence electrons.